The minimum atomic E-state index is -0.0617. The first kappa shape index (κ1) is 14.8. The van der Waals surface area contributed by atoms with Gasteiger partial charge < -0.3 is 0 Å². The molecule has 0 aliphatic heterocycles. The molecule has 0 radical (unpaired) electrons. The van der Waals surface area contributed by atoms with E-state index in [0.29, 0.717) is 0 Å². The van der Waals surface area contributed by atoms with Gasteiger partial charge in [-0.1, -0.05) is 41.4 Å². The molecule has 0 nitrogen and oxygen atoms in total. The second kappa shape index (κ2) is 6.74. The van der Waals surface area contributed by atoms with Gasteiger partial charge in [0.1, 0.15) is 4.91 Å². The molecule has 0 fully saturated rings. The molecule has 0 aromatic heterocycles. The summed E-state index contributed by atoms with van der Waals surface area (Å²) >= 11 is 12.1. The normalized spacial score (nSPS) is 16.1. The largest absolute Gasteiger partial charge is 0.166 e. The highest BCUT2D eigenvalue weighted by Gasteiger charge is 2.31. The Bertz CT molecular complexity index is 672. The molecule has 106 valence electrons. The third kappa shape index (κ3) is 3.55. The highest BCUT2D eigenvalue weighted by atomic mass is 35.5. The number of benzene rings is 2. The Morgan fingerprint density at radius 1 is 0.714 bits per heavy atom. The molecule has 0 spiro atoms. The van der Waals surface area contributed by atoms with Crippen LogP contribution in [0.4, 0.5) is 0 Å². The van der Waals surface area contributed by atoms with E-state index in [1.165, 1.54) is 14.7 Å². The van der Waals surface area contributed by atoms with Crippen molar-refractivity contribution < 1.29 is 0 Å². The molecule has 0 bridgehead atoms. The maximum absolute atomic E-state index is 6.10. The van der Waals surface area contributed by atoms with Crippen molar-refractivity contribution in [1.82, 2.24) is 0 Å². The number of hydrogen-bond acceptors (Lipinski definition) is 0. The minimum Gasteiger partial charge on any atom is -0.0891 e. The average molecular weight is 334 g/mol. The van der Waals surface area contributed by atoms with Crippen molar-refractivity contribution in [3.63, 3.8) is 0 Å². The van der Waals surface area contributed by atoms with E-state index in [1.807, 2.05) is 18.2 Å². The molecule has 0 saturated heterocycles. The first-order chi connectivity index (χ1) is 10.2. The second-order valence-electron chi connectivity index (χ2n) is 4.82. The summed E-state index contributed by atoms with van der Waals surface area (Å²) in [7, 11) is -0.0617. The molecule has 2 aromatic carbocycles. The first-order valence-electron chi connectivity index (χ1n) is 6.84. The highest BCUT2D eigenvalue weighted by Crippen LogP contribution is 2.36. The predicted octanol–water partition coefficient (Wildman–Crippen LogP) is 6.18. The molecular weight excluding hydrogens is 319 g/mol. The maximum Gasteiger partial charge on any atom is 0.166 e. The van der Waals surface area contributed by atoms with E-state index < -0.39 is 0 Å². The van der Waals surface area contributed by atoms with Crippen LogP contribution in [0.3, 0.4) is 0 Å². The van der Waals surface area contributed by atoms with Crippen LogP contribution < -0.4 is 0 Å². The average Bonchev–Trinajstić information content (AvgIpc) is 2.52. The van der Waals surface area contributed by atoms with Gasteiger partial charge in [-0.3, -0.25) is 0 Å². The van der Waals surface area contributed by atoms with Gasteiger partial charge in [0.05, 0.1) is 10.9 Å². The topological polar surface area (TPSA) is 0 Å². The van der Waals surface area contributed by atoms with Crippen LogP contribution >= 0.6 is 23.2 Å². The van der Waals surface area contributed by atoms with Crippen LogP contribution in [0.2, 0.25) is 5.02 Å². The van der Waals surface area contributed by atoms with Gasteiger partial charge in [0.25, 0.3) is 0 Å². The fraction of sp³-hybridized carbons (Fsp3) is 0.111. The van der Waals surface area contributed by atoms with Crippen LogP contribution in [0.25, 0.3) is 0 Å². The molecule has 1 unspecified atom stereocenters. The minimum absolute atomic E-state index is 0.0617. The molecule has 0 amide bonds. The van der Waals surface area contributed by atoms with E-state index in [9.17, 15) is 0 Å². The zero-order valence-electron chi connectivity index (χ0n) is 11.4. The highest BCUT2D eigenvalue weighted by molar-refractivity contribution is 8.00. The SMILES string of the molecule is ClC1=CC=C([S+](c2ccccc2)c2ccc(Cl)cc2)CC1. The van der Waals surface area contributed by atoms with Crippen LogP contribution in [0.15, 0.2) is 86.5 Å². The molecule has 21 heavy (non-hydrogen) atoms. The number of allylic oxidation sites excluding steroid dienone is 4. The molecule has 0 saturated carbocycles. The van der Waals surface area contributed by atoms with E-state index >= 15 is 0 Å². The van der Waals surface area contributed by atoms with Gasteiger partial charge in [-0.15, -0.1) is 0 Å². The lowest BCUT2D eigenvalue weighted by atomic mass is 10.2. The molecular formula is C18H15Cl2S+. The van der Waals surface area contributed by atoms with Crippen LogP contribution in [0.1, 0.15) is 12.8 Å². The summed E-state index contributed by atoms with van der Waals surface area (Å²) in [5.41, 5.74) is 0. The lowest BCUT2D eigenvalue weighted by molar-refractivity contribution is 0.996. The first-order valence-corrected chi connectivity index (χ1v) is 8.82. The molecule has 3 heteroatoms. The van der Waals surface area contributed by atoms with Crippen LogP contribution in [0, 0.1) is 0 Å². The molecule has 0 N–H and O–H groups in total. The van der Waals surface area contributed by atoms with Crippen molar-refractivity contribution in [2.45, 2.75) is 22.6 Å². The van der Waals surface area contributed by atoms with Crippen molar-refractivity contribution in [2.75, 3.05) is 0 Å². The summed E-state index contributed by atoms with van der Waals surface area (Å²) in [4.78, 5) is 4.05. The standard InChI is InChI=1S/C18H15Cl2S/c19-14-6-10-17(11-7-14)21(16-4-2-1-3-5-16)18-12-8-15(20)9-13-18/h1-8,10-12H,9,13H2/q+1. The van der Waals surface area contributed by atoms with Crippen molar-refractivity contribution in [1.29, 1.82) is 0 Å². The van der Waals surface area contributed by atoms with Gasteiger partial charge in [-0.2, -0.15) is 0 Å². The zero-order valence-corrected chi connectivity index (χ0v) is 13.8. The fourth-order valence-corrected chi connectivity index (χ4v) is 4.84. The van der Waals surface area contributed by atoms with Crippen molar-refractivity contribution in [2.24, 2.45) is 0 Å². The van der Waals surface area contributed by atoms with Gasteiger partial charge in [0.15, 0.2) is 9.79 Å². The zero-order chi connectivity index (χ0) is 14.7. The Morgan fingerprint density at radius 2 is 1.38 bits per heavy atom. The number of hydrogen-bond donors (Lipinski definition) is 0. The number of rotatable bonds is 3. The van der Waals surface area contributed by atoms with E-state index in [-0.39, 0.29) is 10.9 Å². The lowest BCUT2D eigenvalue weighted by Gasteiger charge is -2.13. The van der Waals surface area contributed by atoms with Crippen molar-refractivity contribution in [3.05, 3.63) is 81.7 Å². The number of halogens is 2. The Morgan fingerprint density at radius 3 is 2.00 bits per heavy atom. The van der Waals surface area contributed by atoms with Crippen LogP contribution in [-0.2, 0) is 10.9 Å². The smallest absolute Gasteiger partial charge is 0.0891 e. The van der Waals surface area contributed by atoms with Crippen LogP contribution in [0.5, 0.6) is 0 Å². The predicted molar refractivity (Wildman–Crippen MR) is 93.0 cm³/mol. The van der Waals surface area contributed by atoms with E-state index in [1.54, 1.807) is 0 Å². The van der Waals surface area contributed by atoms with Gasteiger partial charge in [0, 0.05) is 16.5 Å². The van der Waals surface area contributed by atoms with Gasteiger partial charge >= 0.3 is 0 Å². The second-order valence-corrected chi connectivity index (χ2v) is 7.82. The van der Waals surface area contributed by atoms with Crippen molar-refractivity contribution in [3.8, 4) is 0 Å². The third-order valence-corrected chi connectivity index (χ3v) is 6.27. The van der Waals surface area contributed by atoms with Crippen LogP contribution in [-0.4, -0.2) is 0 Å². The maximum atomic E-state index is 6.10. The Balaban J connectivity index is 2.05. The summed E-state index contributed by atoms with van der Waals surface area (Å²) in [6, 6.07) is 18.8. The lowest BCUT2D eigenvalue weighted by Crippen LogP contribution is -2.08. The Kier molecular flexibility index (Phi) is 4.74. The van der Waals surface area contributed by atoms with Gasteiger partial charge in [-0.25, -0.2) is 0 Å². The third-order valence-electron chi connectivity index (χ3n) is 3.35. The van der Waals surface area contributed by atoms with E-state index in [0.717, 1.165) is 22.9 Å². The Labute approximate surface area is 138 Å². The molecule has 3 rings (SSSR count). The molecule has 1 atom stereocenters. The summed E-state index contributed by atoms with van der Waals surface area (Å²) in [6.07, 6.45) is 6.14. The molecule has 0 heterocycles. The summed E-state index contributed by atoms with van der Waals surface area (Å²) < 4.78 is 0. The monoisotopic (exact) mass is 333 g/mol. The molecule has 1 aliphatic rings. The fourth-order valence-electron chi connectivity index (χ4n) is 2.33. The van der Waals surface area contributed by atoms with Gasteiger partial charge in [0.2, 0.25) is 0 Å². The Hall–Kier alpha value is -1.15. The summed E-state index contributed by atoms with van der Waals surface area (Å²) in [5.74, 6) is 0. The molecule has 2 aromatic rings. The molecule has 1 aliphatic carbocycles. The summed E-state index contributed by atoms with van der Waals surface area (Å²) in [6.45, 7) is 0. The van der Waals surface area contributed by atoms with E-state index in [4.69, 9.17) is 23.2 Å². The van der Waals surface area contributed by atoms with Crippen molar-refractivity contribution >= 4 is 34.1 Å². The van der Waals surface area contributed by atoms with Gasteiger partial charge in [-0.05, 0) is 55.0 Å². The van der Waals surface area contributed by atoms with E-state index in [2.05, 4.69) is 48.5 Å². The quantitative estimate of drug-likeness (QED) is 0.588. The summed E-state index contributed by atoms with van der Waals surface area (Å²) in [5, 5.41) is 1.71.